The molecule has 0 N–H and O–H groups in total. The number of hydrogen-bond acceptors (Lipinski definition) is 0. The second kappa shape index (κ2) is 14.4. The van der Waals surface area contributed by atoms with E-state index >= 15 is 0 Å². The molecule has 0 heterocycles. The van der Waals surface area contributed by atoms with Crippen LogP contribution >= 0.6 is 0 Å². The minimum absolute atomic E-state index is 0.705. The molecule has 3 aliphatic carbocycles. The van der Waals surface area contributed by atoms with Crippen molar-refractivity contribution in [3.05, 3.63) is 59.7 Å². The normalized spacial score (nSPS) is 31.7. The summed E-state index contributed by atoms with van der Waals surface area (Å²) in [6, 6.07) is 9.67. The number of rotatable bonds is 11. The highest BCUT2D eigenvalue weighted by Crippen LogP contribution is 2.42. The van der Waals surface area contributed by atoms with E-state index in [9.17, 15) is 0 Å². The maximum absolute atomic E-state index is 2.62. The van der Waals surface area contributed by atoms with Crippen molar-refractivity contribution in [3.8, 4) is 0 Å². The third-order valence-corrected chi connectivity index (χ3v) is 9.82. The van der Waals surface area contributed by atoms with Gasteiger partial charge in [0.1, 0.15) is 0 Å². The van der Waals surface area contributed by atoms with Crippen molar-refractivity contribution in [1.82, 2.24) is 0 Å². The average Bonchev–Trinajstić information content (AvgIpc) is 2.92. The molecule has 0 saturated heterocycles. The van der Waals surface area contributed by atoms with Crippen LogP contribution in [0.4, 0.5) is 0 Å². The molecule has 0 nitrogen and oxygen atoms in total. The third kappa shape index (κ3) is 8.36. The first-order valence-electron chi connectivity index (χ1n) is 15.7. The van der Waals surface area contributed by atoms with Crippen LogP contribution in [-0.2, 0) is 6.42 Å². The smallest absolute Gasteiger partial charge is 0.00531 e. The van der Waals surface area contributed by atoms with E-state index in [1.807, 2.05) is 0 Å². The zero-order chi connectivity index (χ0) is 24.3. The first kappa shape index (κ1) is 26.8. The van der Waals surface area contributed by atoms with Gasteiger partial charge >= 0.3 is 0 Å². The summed E-state index contributed by atoms with van der Waals surface area (Å²) in [5.74, 6) is 5.17. The minimum Gasteiger partial charge on any atom is -0.0848 e. The quantitative estimate of drug-likeness (QED) is 0.221. The first-order chi connectivity index (χ1) is 17.2. The maximum Gasteiger partial charge on any atom is -0.00531 e. The molecule has 0 amide bonds. The summed E-state index contributed by atoms with van der Waals surface area (Å²) in [7, 11) is 0. The first-order valence-corrected chi connectivity index (χ1v) is 15.7. The Labute approximate surface area is 218 Å². The van der Waals surface area contributed by atoms with E-state index in [4.69, 9.17) is 0 Å². The summed E-state index contributed by atoms with van der Waals surface area (Å²) in [6.45, 7) is 4.61. The molecule has 3 aliphatic rings. The van der Waals surface area contributed by atoms with E-state index in [1.165, 1.54) is 115 Å². The highest BCUT2D eigenvalue weighted by atomic mass is 14.3. The van der Waals surface area contributed by atoms with Gasteiger partial charge in [0, 0.05) is 0 Å². The third-order valence-electron chi connectivity index (χ3n) is 9.82. The van der Waals surface area contributed by atoms with Crippen LogP contribution in [0.15, 0.2) is 48.6 Å². The number of allylic oxidation sites excluding steroid dienone is 4. The minimum atomic E-state index is 0.705. The predicted molar refractivity (Wildman–Crippen MR) is 154 cm³/mol. The van der Waals surface area contributed by atoms with Gasteiger partial charge in [-0.1, -0.05) is 94.5 Å². The van der Waals surface area contributed by atoms with Crippen molar-refractivity contribution in [2.75, 3.05) is 0 Å². The van der Waals surface area contributed by atoms with E-state index < -0.39 is 0 Å². The molecule has 0 radical (unpaired) electrons. The SMILES string of the molecule is CCCCCC1CCC(C=CC2C=CC(C3CCC(c4ccc(CCCC)cc4)CC3)CC2)CC1. The monoisotopic (exact) mass is 474 g/mol. The van der Waals surface area contributed by atoms with Crippen LogP contribution in [-0.4, -0.2) is 0 Å². The fourth-order valence-corrected chi connectivity index (χ4v) is 7.29. The summed E-state index contributed by atoms with van der Waals surface area (Å²) >= 11 is 0. The molecule has 2 atom stereocenters. The van der Waals surface area contributed by atoms with Crippen LogP contribution in [0.25, 0.3) is 0 Å². The van der Waals surface area contributed by atoms with Crippen LogP contribution in [0.2, 0.25) is 0 Å². The number of hydrogen-bond donors (Lipinski definition) is 0. The van der Waals surface area contributed by atoms with Crippen molar-refractivity contribution in [2.45, 2.75) is 129 Å². The molecule has 2 saturated carbocycles. The van der Waals surface area contributed by atoms with Crippen molar-refractivity contribution in [3.63, 3.8) is 0 Å². The number of aryl methyl sites for hydroxylation is 1. The van der Waals surface area contributed by atoms with Gasteiger partial charge < -0.3 is 0 Å². The van der Waals surface area contributed by atoms with Gasteiger partial charge in [-0.25, -0.2) is 0 Å². The molecule has 4 rings (SSSR count). The zero-order valence-corrected chi connectivity index (χ0v) is 23.1. The molecule has 0 aromatic heterocycles. The standard InChI is InChI=1S/C35H54/c1-3-5-7-9-29-10-12-30(13-11-29)14-15-31-18-22-33(23-19-31)35-26-24-34(25-27-35)32-20-16-28(17-21-32)8-6-4-2/h14-18,20-22,29-31,33-35H,3-13,19,23-27H2,1-2H3. The fourth-order valence-electron chi connectivity index (χ4n) is 7.29. The van der Waals surface area contributed by atoms with Crippen molar-refractivity contribution in [2.24, 2.45) is 29.6 Å². The second-order valence-electron chi connectivity index (χ2n) is 12.4. The van der Waals surface area contributed by atoms with Gasteiger partial charge in [-0.05, 0) is 124 Å². The Morgan fingerprint density at radius 3 is 2.09 bits per heavy atom. The summed E-state index contributed by atoms with van der Waals surface area (Å²) in [5.41, 5.74) is 3.12. The van der Waals surface area contributed by atoms with Gasteiger partial charge in [-0.15, -0.1) is 0 Å². The van der Waals surface area contributed by atoms with Crippen LogP contribution in [0, 0.1) is 29.6 Å². The van der Waals surface area contributed by atoms with Gasteiger partial charge in [0.2, 0.25) is 0 Å². The lowest BCUT2D eigenvalue weighted by atomic mass is 9.70. The largest absolute Gasteiger partial charge is 0.0848 e. The van der Waals surface area contributed by atoms with E-state index in [2.05, 4.69) is 62.4 Å². The molecule has 2 unspecified atom stereocenters. The predicted octanol–water partition coefficient (Wildman–Crippen LogP) is 10.8. The van der Waals surface area contributed by atoms with Gasteiger partial charge in [-0.2, -0.15) is 0 Å². The fraction of sp³-hybridized carbons (Fsp3) is 0.714. The van der Waals surface area contributed by atoms with Crippen LogP contribution in [0.3, 0.4) is 0 Å². The molecular weight excluding hydrogens is 420 g/mol. The van der Waals surface area contributed by atoms with Crippen LogP contribution < -0.4 is 0 Å². The van der Waals surface area contributed by atoms with Crippen LogP contribution in [0.5, 0.6) is 0 Å². The Bertz CT molecular complexity index is 752. The molecule has 0 heteroatoms. The second-order valence-corrected chi connectivity index (χ2v) is 12.4. The van der Waals surface area contributed by atoms with E-state index in [0.717, 1.165) is 29.6 Å². The summed E-state index contributed by atoms with van der Waals surface area (Å²) in [4.78, 5) is 0. The molecule has 2 fully saturated rings. The van der Waals surface area contributed by atoms with E-state index in [0.29, 0.717) is 5.92 Å². The lowest BCUT2D eigenvalue weighted by Gasteiger charge is -2.35. The van der Waals surface area contributed by atoms with E-state index in [-0.39, 0.29) is 0 Å². The molecule has 35 heavy (non-hydrogen) atoms. The van der Waals surface area contributed by atoms with Gasteiger partial charge in [-0.3, -0.25) is 0 Å². The topological polar surface area (TPSA) is 0 Å². The van der Waals surface area contributed by atoms with Gasteiger partial charge in [0.15, 0.2) is 0 Å². The Balaban J connectivity index is 1.15. The lowest BCUT2D eigenvalue weighted by molar-refractivity contribution is 0.244. The molecule has 1 aromatic rings. The molecule has 0 spiro atoms. The number of benzene rings is 1. The van der Waals surface area contributed by atoms with Gasteiger partial charge in [0.05, 0.1) is 0 Å². The summed E-state index contributed by atoms with van der Waals surface area (Å²) in [5, 5.41) is 0. The maximum atomic E-state index is 2.62. The summed E-state index contributed by atoms with van der Waals surface area (Å²) < 4.78 is 0. The van der Waals surface area contributed by atoms with Crippen molar-refractivity contribution in [1.29, 1.82) is 0 Å². The van der Waals surface area contributed by atoms with Crippen LogP contribution in [0.1, 0.15) is 134 Å². The van der Waals surface area contributed by atoms with Crippen molar-refractivity contribution >= 4 is 0 Å². The highest BCUT2D eigenvalue weighted by molar-refractivity contribution is 5.26. The number of unbranched alkanes of at least 4 members (excludes halogenated alkanes) is 3. The molecule has 0 aliphatic heterocycles. The zero-order valence-electron chi connectivity index (χ0n) is 23.1. The Morgan fingerprint density at radius 1 is 0.686 bits per heavy atom. The molecule has 0 bridgehead atoms. The Hall–Kier alpha value is -1.30. The Kier molecular flexibility index (Phi) is 11.0. The Morgan fingerprint density at radius 2 is 1.43 bits per heavy atom. The molecule has 194 valence electrons. The lowest BCUT2D eigenvalue weighted by Crippen LogP contribution is -2.22. The average molecular weight is 475 g/mol. The highest BCUT2D eigenvalue weighted by Gasteiger charge is 2.29. The van der Waals surface area contributed by atoms with Crippen molar-refractivity contribution < 1.29 is 0 Å². The van der Waals surface area contributed by atoms with E-state index in [1.54, 1.807) is 5.56 Å². The van der Waals surface area contributed by atoms with Gasteiger partial charge in [0.25, 0.3) is 0 Å². The summed E-state index contributed by atoms with van der Waals surface area (Å²) in [6.07, 6.45) is 34.3. The molecular formula is C35H54. The molecule has 1 aromatic carbocycles.